The Balaban J connectivity index is 1.86. The van der Waals surface area contributed by atoms with E-state index in [1.165, 1.54) is 32.1 Å². The summed E-state index contributed by atoms with van der Waals surface area (Å²) in [6.45, 7) is 7.64. The molecule has 4 unspecified atom stereocenters. The number of hydrogen-bond donors (Lipinski definition) is 1. The predicted octanol–water partition coefficient (Wildman–Crippen LogP) is 3.54. The fraction of sp³-hybridized carbons (Fsp3) is 0.941. The summed E-state index contributed by atoms with van der Waals surface area (Å²) in [5, 5.41) is 3.51. The molecule has 2 aliphatic rings. The number of rotatable bonds is 6. The lowest BCUT2D eigenvalue weighted by molar-refractivity contribution is -0.130. The van der Waals surface area contributed by atoms with Gasteiger partial charge in [-0.3, -0.25) is 10.1 Å². The lowest BCUT2D eigenvalue weighted by Crippen LogP contribution is -2.38. The highest BCUT2D eigenvalue weighted by Gasteiger charge is 2.37. The number of hydrogen-bond acceptors (Lipinski definition) is 2. The van der Waals surface area contributed by atoms with Gasteiger partial charge in [0, 0.05) is 6.54 Å². The van der Waals surface area contributed by atoms with Gasteiger partial charge in [0.05, 0.1) is 12.2 Å². The van der Waals surface area contributed by atoms with Crippen LogP contribution in [0.15, 0.2) is 0 Å². The van der Waals surface area contributed by atoms with Crippen LogP contribution >= 0.6 is 0 Å². The van der Waals surface area contributed by atoms with Crippen LogP contribution in [0.1, 0.15) is 72.1 Å². The lowest BCUT2D eigenvalue weighted by Gasteiger charge is -2.30. The van der Waals surface area contributed by atoms with Crippen molar-refractivity contribution in [3.05, 3.63) is 0 Å². The van der Waals surface area contributed by atoms with Crippen LogP contribution in [0.4, 0.5) is 0 Å². The standard InChI is InChI=1S/C17H32N2O/c1-4-7-16-18-15(5-2)17(20)19(16)11-10-14-9-6-8-13(3)12-14/h13-16,18H,4-12H2,1-3H3. The molecule has 2 fully saturated rings. The van der Waals surface area contributed by atoms with E-state index in [0.717, 1.165) is 37.6 Å². The largest absolute Gasteiger partial charge is 0.326 e. The van der Waals surface area contributed by atoms with Crippen LogP contribution < -0.4 is 5.32 Å². The van der Waals surface area contributed by atoms with Gasteiger partial charge < -0.3 is 4.90 Å². The van der Waals surface area contributed by atoms with Gasteiger partial charge in [-0.25, -0.2) is 0 Å². The van der Waals surface area contributed by atoms with Crippen LogP contribution in [0, 0.1) is 11.8 Å². The Labute approximate surface area is 124 Å². The molecule has 1 N–H and O–H groups in total. The molecular weight excluding hydrogens is 248 g/mol. The van der Waals surface area contributed by atoms with Gasteiger partial charge in [0.2, 0.25) is 5.91 Å². The van der Waals surface area contributed by atoms with Gasteiger partial charge in [-0.2, -0.15) is 0 Å². The van der Waals surface area contributed by atoms with Crippen molar-refractivity contribution >= 4 is 5.91 Å². The summed E-state index contributed by atoms with van der Waals surface area (Å²) in [6.07, 6.45) is 10.1. The molecule has 4 atom stereocenters. The van der Waals surface area contributed by atoms with Crippen LogP contribution in [-0.2, 0) is 4.79 Å². The second kappa shape index (κ2) is 7.44. The fourth-order valence-corrected chi connectivity index (χ4v) is 3.96. The number of carbonyl (C=O) groups is 1. The minimum Gasteiger partial charge on any atom is -0.326 e. The molecule has 0 bridgehead atoms. The highest BCUT2D eigenvalue weighted by Crippen LogP contribution is 2.31. The molecule has 1 aliphatic carbocycles. The SMILES string of the molecule is CCCC1NC(CC)C(=O)N1CCC1CCCC(C)C1. The Bertz CT molecular complexity index is 318. The van der Waals surface area contributed by atoms with E-state index >= 15 is 0 Å². The summed E-state index contributed by atoms with van der Waals surface area (Å²) in [6, 6.07) is 0.0665. The zero-order chi connectivity index (χ0) is 14.5. The third-order valence-electron chi connectivity index (χ3n) is 5.14. The topological polar surface area (TPSA) is 32.3 Å². The second-order valence-electron chi connectivity index (χ2n) is 6.89. The fourth-order valence-electron chi connectivity index (χ4n) is 3.96. The van der Waals surface area contributed by atoms with Gasteiger partial charge >= 0.3 is 0 Å². The Morgan fingerprint density at radius 1 is 1.25 bits per heavy atom. The molecule has 1 heterocycles. The summed E-state index contributed by atoms with van der Waals surface area (Å²) in [4.78, 5) is 14.6. The first-order valence-corrected chi connectivity index (χ1v) is 8.72. The van der Waals surface area contributed by atoms with E-state index < -0.39 is 0 Å². The van der Waals surface area contributed by atoms with Crippen molar-refractivity contribution in [2.24, 2.45) is 11.8 Å². The van der Waals surface area contributed by atoms with Gasteiger partial charge in [0.15, 0.2) is 0 Å². The molecule has 1 amide bonds. The third kappa shape index (κ3) is 3.75. The second-order valence-corrected chi connectivity index (χ2v) is 6.89. The first-order chi connectivity index (χ1) is 9.65. The van der Waals surface area contributed by atoms with Crippen molar-refractivity contribution in [3.63, 3.8) is 0 Å². The molecular formula is C17H32N2O. The first-order valence-electron chi connectivity index (χ1n) is 8.72. The number of carbonyl (C=O) groups excluding carboxylic acids is 1. The normalized spacial score (nSPS) is 34.8. The van der Waals surface area contributed by atoms with Crippen molar-refractivity contribution in [1.29, 1.82) is 0 Å². The highest BCUT2D eigenvalue weighted by molar-refractivity contribution is 5.84. The van der Waals surface area contributed by atoms with Gasteiger partial charge in [-0.15, -0.1) is 0 Å². The summed E-state index contributed by atoms with van der Waals surface area (Å²) >= 11 is 0. The maximum Gasteiger partial charge on any atom is 0.241 e. The monoisotopic (exact) mass is 280 g/mol. The Morgan fingerprint density at radius 2 is 2.05 bits per heavy atom. The summed E-state index contributed by atoms with van der Waals surface area (Å²) in [7, 11) is 0. The number of nitrogens with one attached hydrogen (secondary N) is 1. The number of nitrogens with zero attached hydrogens (tertiary/aromatic N) is 1. The minimum atomic E-state index is 0.0665. The average Bonchev–Trinajstić information content (AvgIpc) is 2.73. The molecule has 20 heavy (non-hydrogen) atoms. The quantitative estimate of drug-likeness (QED) is 0.807. The molecule has 0 radical (unpaired) electrons. The molecule has 0 spiro atoms. The maximum atomic E-state index is 12.4. The Hall–Kier alpha value is -0.570. The summed E-state index contributed by atoms with van der Waals surface area (Å²) < 4.78 is 0. The smallest absolute Gasteiger partial charge is 0.241 e. The van der Waals surface area contributed by atoms with Crippen LogP contribution in [0.3, 0.4) is 0 Å². The van der Waals surface area contributed by atoms with Crippen molar-refractivity contribution in [3.8, 4) is 0 Å². The van der Waals surface area contributed by atoms with Crippen molar-refractivity contribution in [2.75, 3.05) is 6.54 Å². The van der Waals surface area contributed by atoms with Crippen LogP contribution in [0.5, 0.6) is 0 Å². The van der Waals surface area contributed by atoms with Gasteiger partial charge in [0.1, 0.15) is 0 Å². The van der Waals surface area contributed by atoms with Crippen molar-refractivity contribution in [2.45, 2.75) is 84.3 Å². The van der Waals surface area contributed by atoms with E-state index in [4.69, 9.17) is 0 Å². The van der Waals surface area contributed by atoms with Gasteiger partial charge in [0.25, 0.3) is 0 Å². The predicted molar refractivity (Wildman–Crippen MR) is 83.4 cm³/mol. The third-order valence-corrected chi connectivity index (χ3v) is 5.14. The van der Waals surface area contributed by atoms with E-state index in [1.54, 1.807) is 0 Å². The summed E-state index contributed by atoms with van der Waals surface area (Å²) in [5.74, 6) is 2.07. The first kappa shape index (κ1) is 15.8. The molecule has 1 saturated heterocycles. The molecule has 1 aliphatic heterocycles. The van der Waals surface area contributed by atoms with E-state index in [0.29, 0.717) is 12.1 Å². The van der Waals surface area contributed by atoms with E-state index in [-0.39, 0.29) is 6.04 Å². The number of amides is 1. The Kier molecular flexibility index (Phi) is 5.88. The van der Waals surface area contributed by atoms with Crippen molar-refractivity contribution < 1.29 is 4.79 Å². The van der Waals surface area contributed by atoms with E-state index in [1.807, 2.05) is 0 Å². The molecule has 0 aromatic rings. The van der Waals surface area contributed by atoms with Crippen LogP contribution in [-0.4, -0.2) is 29.6 Å². The van der Waals surface area contributed by atoms with E-state index in [9.17, 15) is 4.79 Å². The maximum absolute atomic E-state index is 12.4. The molecule has 2 rings (SSSR count). The lowest BCUT2D eigenvalue weighted by atomic mass is 9.81. The molecule has 1 saturated carbocycles. The molecule has 3 nitrogen and oxygen atoms in total. The molecule has 3 heteroatoms. The van der Waals surface area contributed by atoms with Crippen LogP contribution in [0.2, 0.25) is 0 Å². The zero-order valence-electron chi connectivity index (χ0n) is 13.5. The van der Waals surface area contributed by atoms with Gasteiger partial charge in [-0.1, -0.05) is 46.5 Å². The Morgan fingerprint density at radius 3 is 2.70 bits per heavy atom. The van der Waals surface area contributed by atoms with E-state index in [2.05, 4.69) is 31.0 Å². The van der Waals surface area contributed by atoms with Crippen LogP contribution in [0.25, 0.3) is 0 Å². The summed E-state index contributed by atoms with van der Waals surface area (Å²) in [5.41, 5.74) is 0. The average molecular weight is 280 g/mol. The minimum absolute atomic E-state index is 0.0665. The molecule has 116 valence electrons. The highest BCUT2D eigenvalue weighted by atomic mass is 16.2. The van der Waals surface area contributed by atoms with Crippen molar-refractivity contribution in [1.82, 2.24) is 10.2 Å². The zero-order valence-corrected chi connectivity index (χ0v) is 13.5. The van der Waals surface area contributed by atoms with Gasteiger partial charge in [-0.05, 0) is 37.5 Å². The molecule has 0 aromatic heterocycles. The molecule has 0 aromatic carbocycles.